The maximum Gasteiger partial charge on any atom is 0.0747 e. The molecule has 2 nitrogen and oxygen atoms in total. The third-order valence-corrected chi connectivity index (χ3v) is 8.02. The average Bonchev–Trinajstić information content (AvgIpc) is 3.11. The molecule has 0 spiro atoms. The fourth-order valence-electron chi connectivity index (χ4n) is 4.19. The van der Waals surface area contributed by atoms with E-state index in [4.69, 9.17) is 9.97 Å². The van der Waals surface area contributed by atoms with Gasteiger partial charge in [-0.05, 0) is 66.4 Å². The van der Waals surface area contributed by atoms with Gasteiger partial charge in [0, 0.05) is 45.4 Å². The minimum absolute atomic E-state index is 0. The Morgan fingerprint density at radius 1 is 0.621 bits per heavy atom. The fourth-order valence-corrected chi connectivity index (χ4v) is 7.16. The topological polar surface area (TPSA) is 25.8 Å². The molecule has 3 aromatic heterocycles. The Morgan fingerprint density at radius 3 is 1.55 bits per heavy atom. The monoisotopic (exact) mass is 600 g/mol. The van der Waals surface area contributed by atoms with E-state index in [9.17, 15) is 0 Å². The van der Waals surface area contributed by atoms with E-state index in [-0.39, 0.29) is 34.8 Å². The SMILES string of the molecule is [Au].[Cl-].c1ccc(-p2c(-c3ccccn3)c3c(c2-c2ccccn2)CCCC3)cc1. The van der Waals surface area contributed by atoms with Crippen LogP contribution in [0.5, 0.6) is 0 Å². The van der Waals surface area contributed by atoms with Gasteiger partial charge in [-0.2, -0.15) is 0 Å². The van der Waals surface area contributed by atoms with Crippen molar-refractivity contribution in [2.75, 3.05) is 0 Å². The van der Waals surface area contributed by atoms with Crippen LogP contribution in [-0.4, -0.2) is 9.97 Å². The Hall–Kier alpha value is -1.67. The van der Waals surface area contributed by atoms with Gasteiger partial charge >= 0.3 is 0 Å². The van der Waals surface area contributed by atoms with Crippen LogP contribution in [0, 0.1) is 0 Å². The van der Waals surface area contributed by atoms with Gasteiger partial charge in [-0.3, -0.25) is 9.97 Å². The second-order valence-corrected chi connectivity index (χ2v) is 9.04. The third-order valence-electron chi connectivity index (χ3n) is 5.32. The normalized spacial score (nSPS) is 12.4. The molecule has 0 unspecified atom stereocenters. The molecule has 0 atom stereocenters. The first-order chi connectivity index (χ1) is 13.4. The standard InChI is InChI=1S/C24H21N2P.Au.ClH/c1-2-10-18(11-3-1)27-23(21-14-6-8-16-25-21)19-12-4-5-13-20(19)24(27)22-15-7-9-17-26-22;;/h1-3,6-11,14-17H,4-5,12-13H2;;1H/p-1. The van der Waals surface area contributed by atoms with E-state index in [1.165, 1.54) is 39.9 Å². The summed E-state index contributed by atoms with van der Waals surface area (Å²) in [7, 11) is -0.636. The van der Waals surface area contributed by atoms with Crippen LogP contribution in [0.4, 0.5) is 0 Å². The zero-order valence-electron chi connectivity index (χ0n) is 15.9. The fraction of sp³-hybridized carbons (Fsp3) is 0.167. The maximum atomic E-state index is 4.77. The van der Waals surface area contributed by atoms with E-state index >= 15 is 0 Å². The molecule has 1 aliphatic carbocycles. The van der Waals surface area contributed by atoms with Gasteiger partial charge in [0.15, 0.2) is 0 Å². The summed E-state index contributed by atoms with van der Waals surface area (Å²) in [6, 6.07) is 23.5. The average molecular weight is 601 g/mol. The van der Waals surface area contributed by atoms with Gasteiger partial charge in [0.25, 0.3) is 0 Å². The summed E-state index contributed by atoms with van der Waals surface area (Å²) >= 11 is 0. The summed E-state index contributed by atoms with van der Waals surface area (Å²) in [5, 5.41) is 4.29. The zero-order valence-corrected chi connectivity index (χ0v) is 19.7. The van der Waals surface area contributed by atoms with Crippen molar-refractivity contribution in [1.29, 1.82) is 0 Å². The molecule has 151 valence electrons. The number of rotatable bonds is 3. The molecule has 29 heavy (non-hydrogen) atoms. The number of fused-ring (bicyclic) bond motifs is 1. The second kappa shape index (κ2) is 9.89. The third kappa shape index (κ3) is 4.14. The van der Waals surface area contributed by atoms with Crippen molar-refractivity contribution in [3.63, 3.8) is 0 Å². The van der Waals surface area contributed by atoms with Crippen molar-refractivity contribution < 1.29 is 34.8 Å². The zero-order chi connectivity index (χ0) is 18.1. The van der Waals surface area contributed by atoms with Crippen LogP contribution >= 0.6 is 7.53 Å². The molecule has 0 saturated carbocycles. The molecule has 4 aromatic rings. The number of nitrogens with zero attached hydrogens (tertiary/aromatic N) is 2. The number of halogens is 1. The summed E-state index contributed by atoms with van der Waals surface area (Å²) < 4.78 is 0. The minimum atomic E-state index is -0.636. The first kappa shape index (κ1) is 22.0. The molecule has 5 rings (SSSR count). The van der Waals surface area contributed by atoms with Crippen molar-refractivity contribution in [2.24, 2.45) is 0 Å². The number of hydrogen-bond donors (Lipinski definition) is 0. The molecule has 1 aromatic carbocycles. The van der Waals surface area contributed by atoms with Crippen LogP contribution in [-0.2, 0) is 35.2 Å². The Balaban J connectivity index is 0.00000120. The number of pyridine rings is 2. The molecular formula is C24H21AuClN2P-. The molecule has 3 heterocycles. The van der Waals surface area contributed by atoms with Crippen molar-refractivity contribution in [3.8, 4) is 27.3 Å². The van der Waals surface area contributed by atoms with E-state index in [1.54, 1.807) is 0 Å². The van der Waals surface area contributed by atoms with Gasteiger partial charge < -0.3 is 12.4 Å². The molecule has 1 aliphatic rings. The second-order valence-electron chi connectivity index (χ2n) is 6.96. The molecule has 0 saturated heterocycles. The summed E-state index contributed by atoms with van der Waals surface area (Å²) in [6.45, 7) is 0. The van der Waals surface area contributed by atoms with Crippen LogP contribution in [0.15, 0.2) is 79.1 Å². The van der Waals surface area contributed by atoms with E-state index in [2.05, 4.69) is 54.6 Å². The number of hydrogen-bond acceptors (Lipinski definition) is 2. The summed E-state index contributed by atoms with van der Waals surface area (Å²) in [5.74, 6) is 0. The van der Waals surface area contributed by atoms with Gasteiger partial charge in [-0.25, -0.2) is 0 Å². The Bertz CT molecular complexity index is 1000. The molecule has 1 radical (unpaired) electrons. The van der Waals surface area contributed by atoms with Crippen molar-refractivity contribution in [2.45, 2.75) is 25.7 Å². The Labute approximate surface area is 194 Å². The molecule has 0 N–H and O–H groups in total. The van der Waals surface area contributed by atoms with E-state index < -0.39 is 7.53 Å². The number of aromatic nitrogens is 2. The Kier molecular flexibility index (Phi) is 7.51. The smallest absolute Gasteiger partial charge is 0.0747 e. The van der Waals surface area contributed by atoms with Crippen LogP contribution in [0.1, 0.15) is 24.0 Å². The van der Waals surface area contributed by atoms with E-state index in [0.29, 0.717) is 0 Å². The van der Waals surface area contributed by atoms with Gasteiger partial charge in [0.05, 0.1) is 11.4 Å². The van der Waals surface area contributed by atoms with Crippen molar-refractivity contribution in [1.82, 2.24) is 9.97 Å². The summed E-state index contributed by atoms with van der Waals surface area (Å²) in [4.78, 5) is 9.53. The quantitative estimate of drug-likeness (QED) is 0.336. The van der Waals surface area contributed by atoms with Gasteiger partial charge in [-0.15, -0.1) is 0 Å². The summed E-state index contributed by atoms with van der Waals surface area (Å²) in [6.07, 6.45) is 8.68. The van der Waals surface area contributed by atoms with Crippen LogP contribution in [0.3, 0.4) is 0 Å². The minimum Gasteiger partial charge on any atom is -1.00 e. The molecule has 0 amide bonds. The molecule has 0 bridgehead atoms. The van der Waals surface area contributed by atoms with Gasteiger partial charge in [0.1, 0.15) is 0 Å². The van der Waals surface area contributed by atoms with Gasteiger partial charge in [0.2, 0.25) is 0 Å². The van der Waals surface area contributed by atoms with Crippen molar-refractivity contribution >= 4 is 7.53 Å². The first-order valence-electron chi connectivity index (χ1n) is 9.58. The van der Waals surface area contributed by atoms with Crippen LogP contribution in [0.2, 0.25) is 0 Å². The van der Waals surface area contributed by atoms with Crippen molar-refractivity contribution in [3.05, 3.63) is 90.3 Å². The van der Waals surface area contributed by atoms with Gasteiger partial charge in [-0.1, -0.05) is 50.0 Å². The van der Waals surface area contributed by atoms with Crippen LogP contribution in [0.25, 0.3) is 27.3 Å². The summed E-state index contributed by atoms with van der Waals surface area (Å²) in [5.41, 5.74) is 5.34. The molecule has 0 fully saturated rings. The number of benzene rings is 1. The Morgan fingerprint density at radius 2 is 1.10 bits per heavy atom. The van der Waals surface area contributed by atoms with E-state index in [0.717, 1.165) is 24.2 Å². The van der Waals surface area contributed by atoms with E-state index in [1.807, 2.05) is 24.5 Å². The molecular weight excluding hydrogens is 580 g/mol. The van der Waals surface area contributed by atoms with Crippen LogP contribution < -0.4 is 12.4 Å². The first-order valence-corrected chi connectivity index (χ1v) is 10.9. The largest absolute Gasteiger partial charge is 1.00 e. The molecule has 0 aliphatic heterocycles. The predicted molar refractivity (Wildman–Crippen MR) is 114 cm³/mol. The maximum absolute atomic E-state index is 4.77. The predicted octanol–water partition coefficient (Wildman–Crippen LogP) is 3.67. The molecule has 5 heteroatoms.